The summed E-state index contributed by atoms with van der Waals surface area (Å²) in [4.78, 5) is 13.2. The highest BCUT2D eigenvalue weighted by atomic mass is 19.1. The van der Waals surface area contributed by atoms with Gasteiger partial charge in [-0.1, -0.05) is 6.07 Å². The fraction of sp³-hybridized carbons (Fsp3) is 0.417. The van der Waals surface area contributed by atoms with Crippen molar-refractivity contribution in [1.82, 2.24) is 0 Å². The van der Waals surface area contributed by atoms with E-state index < -0.39 is 0 Å². The fourth-order valence-electron chi connectivity index (χ4n) is 1.42. The lowest BCUT2D eigenvalue weighted by molar-refractivity contribution is -0.118. The Labute approximate surface area is 95.0 Å². The van der Waals surface area contributed by atoms with Gasteiger partial charge in [0.1, 0.15) is 5.82 Å². The van der Waals surface area contributed by atoms with E-state index in [1.165, 1.54) is 17.0 Å². The molecular weight excluding hydrogens is 207 g/mol. The molecule has 0 atom stereocenters. The second-order valence-corrected chi connectivity index (χ2v) is 3.68. The number of rotatable bonds is 5. The number of unbranched alkanes of at least 4 members (excludes halogenated alkanes) is 1. The maximum atomic E-state index is 12.9. The summed E-state index contributed by atoms with van der Waals surface area (Å²) in [5, 5.41) is 0. The number of carbonyl (C=O) groups excluding carboxylic acids is 1. The molecule has 0 spiro atoms. The number of amides is 1. The van der Waals surface area contributed by atoms with E-state index >= 15 is 0 Å². The number of hydrogen-bond donors (Lipinski definition) is 1. The summed E-state index contributed by atoms with van der Waals surface area (Å²) in [5.41, 5.74) is 5.93. The van der Waals surface area contributed by atoms with Gasteiger partial charge in [-0.2, -0.15) is 0 Å². The summed E-state index contributed by atoms with van der Waals surface area (Å²) >= 11 is 0. The molecule has 0 heterocycles. The van der Waals surface area contributed by atoms with Crippen molar-refractivity contribution < 1.29 is 9.18 Å². The Hall–Kier alpha value is -1.42. The predicted octanol–water partition coefficient (Wildman–Crippen LogP) is 1.92. The normalized spacial score (nSPS) is 10.2. The van der Waals surface area contributed by atoms with Crippen LogP contribution in [0, 0.1) is 5.82 Å². The molecule has 1 rings (SSSR count). The molecule has 0 bridgehead atoms. The van der Waals surface area contributed by atoms with Gasteiger partial charge in [0, 0.05) is 19.2 Å². The average molecular weight is 224 g/mol. The fourth-order valence-corrected chi connectivity index (χ4v) is 1.42. The van der Waals surface area contributed by atoms with Crippen LogP contribution in [-0.4, -0.2) is 19.5 Å². The Morgan fingerprint density at radius 2 is 2.19 bits per heavy atom. The highest BCUT2D eigenvalue weighted by Crippen LogP contribution is 2.15. The molecule has 1 aromatic carbocycles. The average Bonchev–Trinajstić information content (AvgIpc) is 2.28. The molecule has 4 heteroatoms. The van der Waals surface area contributed by atoms with Crippen LogP contribution in [0.2, 0.25) is 0 Å². The Morgan fingerprint density at radius 3 is 2.81 bits per heavy atom. The maximum absolute atomic E-state index is 12.9. The zero-order valence-corrected chi connectivity index (χ0v) is 9.45. The molecule has 0 saturated heterocycles. The number of carbonyl (C=O) groups is 1. The molecule has 16 heavy (non-hydrogen) atoms. The topological polar surface area (TPSA) is 46.3 Å². The van der Waals surface area contributed by atoms with E-state index in [1.54, 1.807) is 19.2 Å². The first-order chi connectivity index (χ1) is 7.65. The van der Waals surface area contributed by atoms with Crippen LogP contribution >= 0.6 is 0 Å². The van der Waals surface area contributed by atoms with Gasteiger partial charge in [-0.25, -0.2) is 4.39 Å². The van der Waals surface area contributed by atoms with Crippen molar-refractivity contribution in [3.8, 4) is 0 Å². The van der Waals surface area contributed by atoms with Crippen molar-refractivity contribution in [2.75, 3.05) is 18.5 Å². The van der Waals surface area contributed by atoms with Crippen LogP contribution < -0.4 is 10.6 Å². The van der Waals surface area contributed by atoms with Gasteiger partial charge < -0.3 is 10.6 Å². The van der Waals surface area contributed by atoms with Gasteiger partial charge in [0.25, 0.3) is 0 Å². The van der Waals surface area contributed by atoms with E-state index in [0.29, 0.717) is 18.7 Å². The van der Waals surface area contributed by atoms with Crippen molar-refractivity contribution in [1.29, 1.82) is 0 Å². The summed E-state index contributed by atoms with van der Waals surface area (Å²) < 4.78 is 12.9. The molecule has 0 aliphatic heterocycles. The standard InChI is InChI=1S/C12H17FN2O/c1-15(12(16)7-2-3-8-14)11-6-4-5-10(13)9-11/h4-6,9H,2-3,7-8,14H2,1H3. The minimum Gasteiger partial charge on any atom is -0.330 e. The third-order valence-corrected chi connectivity index (χ3v) is 2.41. The lowest BCUT2D eigenvalue weighted by atomic mass is 10.2. The summed E-state index contributed by atoms with van der Waals surface area (Å²) in [7, 11) is 1.65. The van der Waals surface area contributed by atoms with Crippen LogP contribution in [-0.2, 0) is 4.79 Å². The Kier molecular flexibility index (Phi) is 4.92. The van der Waals surface area contributed by atoms with Gasteiger partial charge in [-0.15, -0.1) is 0 Å². The molecular formula is C12H17FN2O. The summed E-state index contributed by atoms with van der Waals surface area (Å²) in [6, 6.07) is 6.01. The van der Waals surface area contributed by atoms with E-state index in [1.807, 2.05) is 0 Å². The first-order valence-electron chi connectivity index (χ1n) is 5.37. The minimum absolute atomic E-state index is 0.0148. The second-order valence-electron chi connectivity index (χ2n) is 3.68. The highest BCUT2D eigenvalue weighted by Gasteiger charge is 2.10. The van der Waals surface area contributed by atoms with Gasteiger partial charge in [0.2, 0.25) is 5.91 Å². The third-order valence-electron chi connectivity index (χ3n) is 2.41. The first kappa shape index (κ1) is 12.6. The zero-order valence-electron chi connectivity index (χ0n) is 9.45. The van der Waals surface area contributed by atoms with Gasteiger partial charge in [0.05, 0.1) is 0 Å². The largest absolute Gasteiger partial charge is 0.330 e. The van der Waals surface area contributed by atoms with E-state index in [-0.39, 0.29) is 11.7 Å². The zero-order chi connectivity index (χ0) is 12.0. The number of benzene rings is 1. The third kappa shape index (κ3) is 3.62. The van der Waals surface area contributed by atoms with E-state index in [0.717, 1.165) is 12.8 Å². The summed E-state index contributed by atoms with van der Waals surface area (Å²) in [5.74, 6) is -0.349. The number of nitrogens with zero attached hydrogens (tertiary/aromatic N) is 1. The van der Waals surface area contributed by atoms with Crippen molar-refractivity contribution in [3.63, 3.8) is 0 Å². The summed E-state index contributed by atoms with van der Waals surface area (Å²) in [6.45, 7) is 0.594. The number of anilines is 1. The van der Waals surface area contributed by atoms with Crippen molar-refractivity contribution in [3.05, 3.63) is 30.1 Å². The number of halogens is 1. The predicted molar refractivity (Wildman–Crippen MR) is 62.7 cm³/mol. The molecule has 1 amide bonds. The monoisotopic (exact) mass is 224 g/mol. The number of nitrogens with two attached hydrogens (primary N) is 1. The molecule has 0 aromatic heterocycles. The maximum Gasteiger partial charge on any atom is 0.226 e. The van der Waals surface area contributed by atoms with Crippen LogP contribution in [0.4, 0.5) is 10.1 Å². The molecule has 0 unspecified atom stereocenters. The molecule has 0 radical (unpaired) electrons. The minimum atomic E-state index is -0.334. The molecule has 0 aliphatic carbocycles. The highest BCUT2D eigenvalue weighted by molar-refractivity contribution is 5.92. The van der Waals surface area contributed by atoms with Crippen molar-refractivity contribution in [2.24, 2.45) is 5.73 Å². The quantitative estimate of drug-likeness (QED) is 0.777. The van der Waals surface area contributed by atoms with Crippen molar-refractivity contribution >= 4 is 11.6 Å². The number of hydrogen-bond acceptors (Lipinski definition) is 2. The van der Waals surface area contributed by atoms with Crippen LogP contribution in [0.3, 0.4) is 0 Å². The van der Waals surface area contributed by atoms with Crippen LogP contribution in [0.5, 0.6) is 0 Å². The van der Waals surface area contributed by atoms with Crippen LogP contribution in [0.25, 0.3) is 0 Å². The lowest BCUT2D eigenvalue weighted by Crippen LogP contribution is -2.26. The van der Waals surface area contributed by atoms with Crippen LogP contribution in [0.15, 0.2) is 24.3 Å². The Balaban J connectivity index is 2.56. The SMILES string of the molecule is CN(C(=O)CCCCN)c1cccc(F)c1. The van der Waals surface area contributed by atoms with Crippen LogP contribution in [0.1, 0.15) is 19.3 Å². The Morgan fingerprint density at radius 1 is 1.44 bits per heavy atom. The van der Waals surface area contributed by atoms with E-state index in [4.69, 9.17) is 5.73 Å². The second kappa shape index (κ2) is 6.23. The molecule has 3 nitrogen and oxygen atoms in total. The van der Waals surface area contributed by atoms with Gasteiger partial charge >= 0.3 is 0 Å². The lowest BCUT2D eigenvalue weighted by Gasteiger charge is -2.17. The van der Waals surface area contributed by atoms with Crippen molar-refractivity contribution in [2.45, 2.75) is 19.3 Å². The Bertz CT molecular complexity index is 355. The van der Waals surface area contributed by atoms with Gasteiger partial charge in [0.15, 0.2) is 0 Å². The molecule has 2 N–H and O–H groups in total. The van der Waals surface area contributed by atoms with E-state index in [2.05, 4.69) is 0 Å². The molecule has 88 valence electrons. The molecule has 1 aromatic rings. The molecule has 0 fully saturated rings. The summed E-state index contributed by atoms with van der Waals surface area (Å²) in [6.07, 6.45) is 2.06. The first-order valence-corrected chi connectivity index (χ1v) is 5.37. The molecule has 0 saturated carbocycles. The van der Waals surface area contributed by atoms with E-state index in [9.17, 15) is 9.18 Å². The van der Waals surface area contributed by atoms with Gasteiger partial charge in [-0.05, 0) is 37.6 Å². The molecule has 0 aliphatic rings. The smallest absolute Gasteiger partial charge is 0.226 e. The van der Waals surface area contributed by atoms with Gasteiger partial charge in [-0.3, -0.25) is 4.79 Å².